The fraction of sp³-hybridized carbons (Fsp3) is 0.846. The summed E-state index contributed by atoms with van der Waals surface area (Å²) in [5.41, 5.74) is -1.42. The van der Waals surface area contributed by atoms with Gasteiger partial charge in [-0.05, 0) is 24.8 Å². The molecule has 2 fully saturated rings. The van der Waals surface area contributed by atoms with Crippen molar-refractivity contribution in [2.45, 2.75) is 44.7 Å². The summed E-state index contributed by atoms with van der Waals surface area (Å²) in [4.78, 5) is 23.8. The smallest absolute Gasteiger partial charge is 0.331 e. The van der Waals surface area contributed by atoms with E-state index in [0.717, 1.165) is 19.4 Å². The van der Waals surface area contributed by atoms with Gasteiger partial charge in [0.2, 0.25) is 5.91 Å². The van der Waals surface area contributed by atoms with Crippen molar-refractivity contribution in [1.82, 2.24) is 10.6 Å². The molecule has 3 N–H and O–H groups in total. The Bertz CT molecular complexity index is 375. The summed E-state index contributed by atoms with van der Waals surface area (Å²) in [6, 6.07) is -0.349. The third-order valence-electron chi connectivity index (χ3n) is 4.18. The fourth-order valence-corrected chi connectivity index (χ4v) is 2.85. The van der Waals surface area contributed by atoms with Crippen LogP contribution in [0.3, 0.4) is 0 Å². The van der Waals surface area contributed by atoms with Crippen LogP contribution in [0.4, 0.5) is 0 Å². The van der Waals surface area contributed by atoms with Gasteiger partial charge in [-0.15, -0.1) is 0 Å². The van der Waals surface area contributed by atoms with Crippen molar-refractivity contribution >= 4 is 11.9 Å². The number of carboxylic acids is 1. The van der Waals surface area contributed by atoms with Crippen molar-refractivity contribution in [3.05, 3.63) is 0 Å². The summed E-state index contributed by atoms with van der Waals surface area (Å²) >= 11 is 0. The predicted octanol–water partition coefficient (Wildman–Crippen LogP) is 0.125. The summed E-state index contributed by atoms with van der Waals surface area (Å²) < 4.78 is 5.15. The highest BCUT2D eigenvalue weighted by atomic mass is 16.5. The Morgan fingerprint density at radius 1 is 1.37 bits per heavy atom. The maximum Gasteiger partial charge on any atom is 0.331 e. The first-order valence-corrected chi connectivity index (χ1v) is 6.74. The van der Waals surface area contributed by atoms with Gasteiger partial charge in [0, 0.05) is 13.0 Å². The number of carbonyl (C=O) groups excluding carboxylic acids is 1. The summed E-state index contributed by atoms with van der Waals surface area (Å²) in [7, 11) is 0. The van der Waals surface area contributed by atoms with Gasteiger partial charge in [0.15, 0.2) is 5.54 Å². The number of hydrogen-bond donors (Lipinski definition) is 3. The number of carbonyl (C=O) groups is 2. The van der Waals surface area contributed by atoms with E-state index in [2.05, 4.69) is 10.6 Å². The first-order valence-electron chi connectivity index (χ1n) is 6.74. The first-order chi connectivity index (χ1) is 8.87. The lowest BCUT2D eigenvalue weighted by atomic mass is 9.77. The molecule has 19 heavy (non-hydrogen) atoms. The SMILES string of the molecule is CC1(C)CCCNC1C(=O)NC1(C(=O)O)CCOC1. The van der Waals surface area contributed by atoms with Crippen molar-refractivity contribution in [1.29, 1.82) is 0 Å². The predicted molar refractivity (Wildman–Crippen MR) is 68.8 cm³/mol. The van der Waals surface area contributed by atoms with Crippen LogP contribution in [0.25, 0.3) is 0 Å². The number of rotatable bonds is 3. The van der Waals surface area contributed by atoms with E-state index < -0.39 is 11.5 Å². The lowest BCUT2D eigenvalue weighted by molar-refractivity contribution is -0.148. The standard InChI is InChI=1S/C13H22N2O4/c1-12(2)4-3-6-14-9(12)10(16)15-13(11(17)18)5-7-19-8-13/h9,14H,3-8H2,1-2H3,(H,15,16)(H,17,18). The molecule has 0 bridgehead atoms. The zero-order valence-electron chi connectivity index (χ0n) is 11.5. The number of nitrogens with one attached hydrogen (secondary N) is 2. The Morgan fingerprint density at radius 3 is 2.63 bits per heavy atom. The monoisotopic (exact) mass is 270 g/mol. The number of ether oxygens (including phenoxy) is 1. The third kappa shape index (κ3) is 2.74. The largest absolute Gasteiger partial charge is 0.479 e. The van der Waals surface area contributed by atoms with E-state index in [9.17, 15) is 14.7 Å². The molecule has 2 atom stereocenters. The Kier molecular flexibility index (Phi) is 3.82. The van der Waals surface area contributed by atoms with Crippen molar-refractivity contribution < 1.29 is 19.4 Å². The molecule has 0 radical (unpaired) electrons. The van der Waals surface area contributed by atoms with Gasteiger partial charge >= 0.3 is 5.97 Å². The van der Waals surface area contributed by atoms with E-state index in [1.807, 2.05) is 13.8 Å². The zero-order chi connectivity index (χ0) is 14.1. The van der Waals surface area contributed by atoms with Crippen molar-refractivity contribution in [3.8, 4) is 0 Å². The molecule has 0 aromatic heterocycles. The van der Waals surface area contributed by atoms with E-state index in [0.29, 0.717) is 13.0 Å². The lowest BCUT2D eigenvalue weighted by Crippen LogP contribution is -2.63. The summed E-state index contributed by atoms with van der Waals surface area (Å²) in [5.74, 6) is -1.26. The van der Waals surface area contributed by atoms with Crippen molar-refractivity contribution in [2.24, 2.45) is 5.41 Å². The van der Waals surface area contributed by atoms with Crippen LogP contribution in [-0.2, 0) is 14.3 Å². The number of hydrogen-bond acceptors (Lipinski definition) is 4. The normalized spacial score (nSPS) is 33.9. The van der Waals surface area contributed by atoms with E-state index in [1.54, 1.807) is 0 Å². The highest BCUT2D eigenvalue weighted by Crippen LogP contribution is 2.31. The van der Waals surface area contributed by atoms with Gasteiger partial charge < -0.3 is 20.5 Å². The van der Waals surface area contributed by atoms with Crippen LogP contribution in [-0.4, -0.2) is 48.3 Å². The molecule has 2 aliphatic heterocycles. The average molecular weight is 270 g/mol. The van der Waals surface area contributed by atoms with Crippen LogP contribution < -0.4 is 10.6 Å². The number of amides is 1. The molecule has 0 aliphatic carbocycles. The summed E-state index contributed by atoms with van der Waals surface area (Å²) in [6.45, 7) is 5.26. The van der Waals surface area contributed by atoms with Crippen LogP contribution >= 0.6 is 0 Å². The highest BCUT2D eigenvalue weighted by molar-refractivity contribution is 5.90. The third-order valence-corrected chi connectivity index (χ3v) is 4.18. The molecule has 6 nitrogen and oxygen atoms in total. The molecule has 0 spiro atoms. The van der Waals surface area contributed by atoms with E-state index in [-0.39, 0.29) is 24.0 Å². The van der Waals surface area contributed by atoms with Gasteiger partial charge in [0.25, 0.3) is 0 Å². The molecule has 6 heteroatoms. The molecule has 108 valence electrons. The molecule has 2 rings (SSSR count). The van der Waals surface area contributed by atoms with Crippen LogP contribution in [0.2, 0.25) is 0 Å². The summed E-state index contributed by atoms with van der Waals surface area (Å²) in [6.07, 6.45) is 2.31. The molecule has 0 aromatic carbocycles. The van der Waals surface area contributed by atoms with Crippen LogP contribution in [0.15, 0.2) is 0 Å². The molecule has 0 aromatic rings. The second kappa shape index (κ2) is 5.09. The minimum atomic E-state index is -1.26. The molecular weight excluding hydrogens is 248 g/mol. The Balaban J connectivity index is 2.09. The lowest BCUT2D eigenvalue weighted by Gasteiger charge is -2.39. The molecule has 2 unspecified atom stereocenters. The van der Waals surface area contributed by atoms with Gasteiger partial charge in [0.1, 0.15) is 0 Å². The minimum absolute atomic E-state index is 0.0429. The first kappa shape index (κ1) is 14.3. The number of piperidine rings is 1. The summed E-state index contributed by atoms with van der Waals surface area (Å²) in [5, 5.41) is 15.2. The molecule has 2 aliphatic rings. The van der Waals surface area contributed by atoms with E-state index in [1.165, 1.54) is 0 Å². The molecule has 2 heterocycles. The van der Waals surface area contributed by atoms with Gasteiger partial charge in [-0.1, -0.05) is 13.8 Å². The molecule has 2 saturated heterocycles. The maximum atomic E-state index is 12.4. The zero-order valence-corrected chi connectivity index (χ0v) is 11.5. The van der Waals surface area contributed by atoms with E-state index in [4.69, 9.17) is 4.74 Å². The Labute approximate surface area is 112 Å². The topological polar surface area (TPSA) is 87.7 Å². The van der Waals surface area contributed by atoms with Crippen LogP contribution in [0.5, 0.6) is 0 Å². The second-order valence-electron chi connectivity index (χ2n) is 6.16. The number of aliphatic carboxylic acids is 1. The van der Waals surface area contributed by atoms with Gasteiger partial charge in [-0.3, -0.25) is 4.79 Å². The van der Waals surface area contributed by atoms with Gasteiger partial charge in [-0.25, -0.2) is 4.79 Å². The highest BCUT2D eigenvalue weighted by Gasteiger charge is 2.47. The second-order valence-corrected chi connectivity index (χ2v) is 6.16. The Hall–Kier alpha value is -1.14. The van der Waals surface area contributed by atoms with Crippen LogP contribution in [0.1, 0.15) is 33.1 Å². The fourth-order valence-electron chi connectivity index (χ4n) is 2.85. The molecular formula is C13H22N2O4. The van der Waals surface area contributed by atoms with Gasteiger partial charge in [0.05, 0.1) is 12.6 Å². The average Bonchev–Trinajstić information content (AvgIpc) is 2.78. The Morgan fingerprint density at radius 2 is 2.11 bits per heavy atom. The minimum Gasteiger partial charge on any atom is -0.479 e. The van der Waals surface area contributed by atoms with Gasteiger partial charge in [-0.2, -0.15) is 0 Å². The maximum absolute atomic E-state index is 12.4. The van der Waals surface area contributed by atoms with Crippen LogP contribution in [0, 0.1) is 5.41 Å². The van der Waals surface area contributed by atoms with E-state index >= 15 is 0 Å². The number of carboxylic acid groups (broad SMARTS) is 1. The van der Waals surface area contributed by atoms with Crippen molar-refractivity contribution in [2.75, 3.05) is 19.8 Å². The molecule has 0 saturated carbocycles. The molecule has 1 amide bonds. The van der Waals surface area contributed by atoms with Crippen molar-refractivity contribution in [3.63, 3.8) is 0 Å². The quantitative estimate of drug-likeness (QED) is 0.678.